The molecule has 5 aromatic rings. The van der Waals surface area contributed by atoms with Gasteiger partial charge in [-0.25, -0.2) is 13.8 Å². The van der Waals surface area contributed by atoms with Gasteiger partial charge in [-0.15, -0.1) is 0 Å². The van der Waals surface area contributed by atoms with Crippen molar-refractivity contribution in [3.05, 3.63) is 63.7 Å². The molecule has 2 aromatic carbocycles. The van der Waals surface area contributed by atoms with E-state index in [1.807, 2.05) is 23.9 Å². The fourth-order valence-corrected chi connectivity index (χ4v) is 9.52. The number of fused-ring (bicyclic) bond motifs is 5. The average molecular weight is 799 g/mol. The summed E-state index contributed by atoms with van der Waals surface area (Å²) in [7, 11) is 3.50. The molecular formula is C40H41ClF2N10O4. The van der Waals surface area contributed by atoms with Crippen molar-refractivity contribution in [1.29, 1.82) is 0 Å². The molecule has 4 atom stereocenters. The zero-order valence-electron chi connectivity index (χ0n) is 31.4. The summed E-state index contributed by atoms with van der Waals surface area (Å²) < 4.78 is 39.1. The molecule has 3 aromatic heterocycles. The number of imide groups is 1. The number of nitrogens with zero attached hydrogens (tertiary/aromatic N) is 7. The SMILES string of the molecule is Cn1nc(C2CCC(=O)NC2=O)c2cccc(N3CC4CCN(c5ncc(Cl)c(Nc6ccc7c(c6)c6c(c(=O)n7C)OCC(F)(F)C(C7CC7)N6)n5)CC4C3)c21. The summed E-state index contributed by atoms with van der Waals surface area (Å²) in [6, 6.07) is 10.4. The van der Waals surface area contributed by atoms with Gasteiger partial charge in [0.1, 0.15) is 5.02 Å². The van der Waals surface area contributed by atoms with Crippen LogP contribution < -0.4 is 36.0 Å². The summed E-state index contributed by atoms with van der Waals surface area (Å²) in [6.07, 6.45) is 4.65. The van der Waals surface area contributed by atoms with Crippen molar-refractivity contribution in [3.8, 4) is 5.75 Å². The number of aromatic nitrogens is 5. The van der Waals surface area contributed by atoms with Crippen molar-refractivity contribution in [2.24, 2.45) is 31.8 Å². The summed E-state index contributed by atoms with van der Waals surface area (Å²) in [5.74, 6) is -2.71. The van der Waals surface area contributed by atoms with Crippen LogP contribution in [0, 0.1) is 17.8 Å². The third-order valence-corrected chi connectivity index (χ3v) is 12.7. The first-order valence-electron chi connectivity index (χ1n) is 19.5. The van der Waals surface area contributed by atoms with Crippen molar-refractivity contribution in [3.63, 3.8) is 0 Å². The van der Waals surface area contributed by atoms with E-state index in [9.17, 15) is 14.4 Å². The highest BCUT2D eigenvalue weighted by atomic mass is 35.5. The highest BCUT2D eigenvalue weighted by Gasteiger charge is 2.51. The molecule has 296 valence electrons. The van der Waals surface area contributed by atoms with Crippen LogP contribution in [0.4, 0.5) is 37.6 Å². The Kier molecular flexibility index (Phi) is 8.36. The summed E-state index contributed by atoms with van der Waals surface area (Å²) in [4.78, 5) is 51.9. The third kappa shape index (κ3) is 6.10. The van der Waals surface area contributed by atoms with E-state index in [1.54, 1.807) is 31.4 Å². The first-order valence-corrected chi connectivity index (χ1v) is 19.8. The maximum absolute atomic E-state index is 15.2. The van der Waals surface area contributed by atoms with Crippen molar-refractivity contribution >= 4 is 74.0 Å². The number of para-hydroxylation sites is 1. The fourth-order valence-electron chi connectivity index (χ4n) is 9.38. The lowest BCUT2D eigenvalue weighted by atomic mass is 9.89. The first-order chi connectivity index (χ1) is 27.4. The quantitative estimate of drug-likeness (QED) is 0.192. The van der Waals surface area contributed by atoms with Crippen molar-refractivity contribution in [1.82, 2.24) is 29.6 Å². The van der Waals surface area contributed by atoms with Gasteiger partial charge in [0.25, 0.3) is 5.56 Å². The Morgan fingerprint density at radius 2 is 1.77 bits per heavy atom. The van der Waals surface area contributed by atoms with E-state index in [1.165, 1.54) is 4.57 Å². The molecule has 10 rings (SSSR count). The maximum atomic E-state index is 15.2. The van der Waals surface area contributed by atoms with E-state index in [0.717, 1.165) is 49.2 Å². The predicted molar refractivity (Wildman–Crippen MR) is 212 cm³/mol. The zero-order chi connectivity index (χ0) is 39.3. The number of alkyl halides is 2. The van der Waals surface area contributed by atoms with Crippen LogP contribution in [0.3, 0.4) is 0 Å². The van der Waals surface area contributed by atoms with Gasteiger partial charge in [-0.3, -0.25) is 24.4 Å². The molecule has 4 aliphatic heterocycles. The minimum atomic E-state index is -3.14. The fraction of sp³-hybridized carbons (Fsp3) is 0.450. The van der Waals surface area contributed by atoms with Gasteiger partial charge in [0.05, 0.1) is 46.3 Å². The van der Waals surface area contributed by atoms with Gasteiger partial charge < -0.3 is 29.7 Å². The molecule has 1 saturated carbocycles. The van der Waals surface area contributed by atoms with Gasteiger partial charge in [0, 0.05) is 63.2 Å². The van der Waals surface area contributed by atoms with Gasteiger partial charge in [-0.2, -0.15) is 10.1 Å². The largest absolute Gasteiger partial charge is 0.480 e. The monoisotopic (exact) mass is 798 g/mol. The Balaban J connectivity index is 0.889. The second-order valence-corrected chi connectivity index (χ2v) is 16.6. The topological polar surface area (TPSA) is 152 Å². The van der Waals surface area contributed by atoms with E-state index in [2.05, 4.69) is 36.8 Å². The standard InChI is InChI=1S/C40H41ClF2N10O4/c1-50-28-10-8-23(14-26(28)32-34(38(50)56)57-19-40(42,43)35(47-32)20-6-7-20)45-36-27(41)15-44-39(48-36)52-13-12-21-16-53(18-22(21)17-52)29-5-3-4-24-31(49-51(2)33(24)29)25-9-11-30(54)46-37(25)55/h3-5,8,10,14-15,20-22,25,35,47H,6-7,9,11-13,16-19H2,1-2H3,(H,44,45,48)(H,46,54,55). The molecule has 14 nitrogen and oxygen atoms in total. The van der Waals surface area contributed by atoms with Gasteiger partial charge in [-0.1, -0.05) is 23.7 Å². The number of benzene rings is 2. The minimum absolute atomic E-state index is 0.116. The predicted octanol–water partition coefficient (Wildman–Crippen LogP) is 5.31. The van der Waals surface area contributed by atoms with E-state index in [-0.39, 0.29) is 29.2 Å². The van der Waals surface area contributed by atoms with Crippen LogP contribution in [0.1, 0.15) is 43.7 Å². The number of carbonyl (C=O) groups excluding carboxylic acids is 2. The van der Waals surface area contributed by atoms with Gasteiger partial charge in [0.15, 0.2) is 12.4 Å². The number of aryl methyl sites for hydroxylation is 2. The lowest BCUT2D eigenvalue weighted by molar-refractivity contribution is -0.134. The Morgan fingerprint density at radius 1 is 0.965 bits per heavy atom. The molecule has 2 amide bonds. The number of ether oxygens (including phenoxy) is 1. The van der Waals surface area contributed by atoms with Crippen LogP contribution in [0.5, 0.6) is 5.75 Å². The van der Waals surface area contributed by atoms with Crippen molar-refractivity contribution in [2.75, 3.05) is 53.2 Å². The Morgan fingerprint density at radius 3 is 2.58 bits per heavy atom. The Bertz CT molecular complexity index is 2560. The average Bonchev–Trinajstić information content (AvgIpc) is 3.88. The van der Waals surface area contributed by atoms with Crippen LogP contribution in [-0.2, 0) is 23.7 Å². The number of nitrogens with one attached hydrogen (secondary N) is 3. The van der Waals surface area contributed by atoms with Crippen LogP contribution >= 0.6 is 11.6 Å². The van der Waals surface area contributed by atoms with E-state index in [0.29, 0.717) is 76.6 Å². The lowest BCUT2D eigenvalue weighted by Crippen LogP contribution is -2.44. The number of carbonyl (C=O) groups is 2. The van der Waals surface area contributed by atoms with Crippen LogP contribution in [0.25, 0.3) is 21.8 Å². The summed E-state index contributed by atoms with van der Waals surface area (Å²) in [6.45, 7) is 2.37. The van der Waals surface area contributed by atoms with Crippen LogP contribution in [0.15, 0.2) is 47.4 Å². The second kappa shape index (κ2) is 13.3. The minimum Gasteiger partial charge on any atom is -0.480 e. The third-order valence-electron chi connectivity index (χ3n) is 12.5. The normalized spacial score (nSPS) is 24.4. The summed E-state index contributed by atoms with van der Waals surface area (Å²) >= 11 is 6.66. The molecule has 0 radical (unpaired) electrons. The van der Waals surface area contributed by atoms with Gasteiger partial charge >= 0.3 is 5.92 Å². The molecule has 3 N–H and O–H groups in total. The molecule has 4 fully saturated rings. The number of hydrogen-bond acceptors (Lipinski definition) is 11. The van der Waals surface area contributed by atoms with E-state index >= 15 is 8.78 Å². The number of halogens is 3. The van der Waals surface area contributed by atoms with Crippen LogP contribution in [0.2, 0.25) is 5.02 Å². The molecule has 4 unspecified atom stereocenters. The van der Waals surface area contributed by atoms with Crippen LogP contribution in [-0.4, -0.2) is 80.9 Å². The molecule has 5 aliphatic rings. The zero-order valence-corrected chi connectivity index (χ0v) is 32.2. The molecule has 57 heavy (non-hydrogen) atoms. The number of piperidine rings is 2. The maximum Gasteiger partial charge on any atom is 0.301 e. The summed E-state index contributed by atoms with van der Waals surface area (Å²) in [5, 5.41) is 15.4. The number of hydrogen-bond donors (Lipinski definition) is 3. The number of pyridine rings is 1. The Labute approximate surface area is 330 Å². The highest BCUT2D eigenvalue weighted by molar-refractivity contribution is 6.33. The van der Waals surface area contributed by atoms with Gasteiger partial charge in [-0.05, 0) is 67.7 Å². The second-order valence-electron chi connectivity index (χ2n) is 16.1. The van der Waals surface area contributed by atoms with E-state index in [4.69, 9.17) is 26.4 Å². The molecule has 3 saturated heterocycles. The summed E-state index contributed by atoms with van der Waals surface area (Å²) in [5.41, 5.74) is 3.70. The van der Waals surface area contributed by atoms with Gasteiger partial charge in [0.2, 0.25) is 23.5 Å². The number of anilines is 5. The molecular weight excluding hydrogens is 758 g/mol. The molecule has 17 heteroatoms. The van der Waals surface area contributed by atoms with E-state index < -0.39 is 30.0 Å². The molecule has 7 heterocycles. The van der Waals surface area contributed by atoms with Crippen molar-refractivity contribution in [2.45, 2.75) is 50.0 Å². The molecule has 0 spiro atoms. The molecule has 0 bridgehead atoms. The number of rotatable bonds is 6. The molecule has 1 aliphatic carbocycles. The van der Waals surface area contributed by atoms with Crippen molar-refractivity contribution < 1.29 is 23.1 Å². The Hall–Kier alpha value is -5.51. The lowest BCUT2D eigenvalue weighted by Gasteiger charge is -2.34. The number of amides is 2. The highest BCUT2D eigenvalue weighted by Crippen LogP contribution is 2.46. The first kappa shape index (κ1) is 35.9. The smallest absolute Gasteiger partial charge is 0.301 e.